The molecule has 1 aliphatic rings. The Labute approximate surface area is 109 Å². The van der Waals surface area contributed by atoms with Crippen molar-refractivity contribution in [1.82, 2.24) is 10.2 Å². The molecule has 0 spiro atoms. The molecular weight excluding hydrogens is 232 g/mol. The van der Waals surface area contributed by atoms with E-state index in [0.29, 0.717) is 12.5 Å². The molecule has 2 atom stereocenters. The highest BCUT2D eigenvalue weighted by Gasteiger charge is 2.24. The van der Waals surface area contributed by atoms with Crippen molar-refractivity contribution in [3.63, 3.8) is 0 Å². The van der Waals surface area contributed by atoms with Gasteiger partial charge in [0.05, 0.1) is 0 Å². The van der Waals surface area contributed by atoms with Gasteiger partial charge >= 0.3 is 12.0 Å². The smallest absolute Gasteiger partial charge is 0.323 e. The highest BCUT2D eigenvalue weighted by Crippen LogP contribution is 2.29. The first-order valence-electron chi connectivity index (χ1n) is 6.66. The lowest BCUT2D eigenvalue weighted by atomic mass is 10.1. The maximum atomic E-state index is 11.9. The van der Waals surface area contributed by atoms with Crippen LogP contribution in [0.25, 0.3) is 0 Å². The average Bonchev–Trinajstić information content (AvgIpc) is 2.68. The zero-order valence-electron chi connectivity index (χ0n) is 11.5. The molecule has 0 aliphatic heterocycles. The van der Waals surface area contributed by atoms with Crippen LogP contribution in [0.1, 0.15) is 40.0 Å². The quantitative estimate of drug-likeness (QED) is 0.789. The van der Waals surface area contributed by atoms with Crippen LogP contribution in [0, 0.1) is 11.8 Å². The van der Waals surface area contributed by atoms with E-state index in [-0.39, 0.29) is 18.6 Å². The third-order valence-corrected chi connectivity index (χ3v) is 3.54. The first-order valence-corrected chi connectivity index (χ1v) is 6.66. The molecule has 0 aromatic carbocycles. The van der Waals surface area contributed by atoms with E-state index < -0.39 is 5.97 Å². The van der Waals surface area contributed by atoms with E-state index in [0.717, 1.165) is 18.8 Å². The Bertz CT molecular complexity index is 305. The van der Waals surface area contributed by atoms with E-state index in [9.17, 15) is 9.59 Å². The molecule has 104 valence electrons. The van der Waals surface area contributed by atoms with E-state index in [1.54, 1.807) is 0 Å². The Morgan fingerprint density at radius 1 is 1.39 bits per heavy atom. The number of carboxylic acid groups (broad SMARTS) is 1. The fourth-order valence-electron chi connectivity index (χ4n) is 2.48. The van der Waals surface area contributed by atoms with Crippen LogP contribution in [0.5, 0.6) is 0 Å². The fourth-order valence-corrected chi connectivity index (χ4v) is 2.48. The minimum absolute atomic E-state index is 0.108. The lowest BCUT2D eigenvalue weighted by Gasteiger charge is -2.25. The first-order chi connectivity index (χ1) is 8.40. The van der Waals surface area contributed by atoms with Crippen LogP contribution in [0.4, 0.5) is 4.79 Å². The molecule has 5 heteroatoms. The molecule has 0 heterocycles. The molecule has 2 unspecified atom stereocenters. The monoisotopic (exact) mass is 256 g/mol. The molecule has 0 radical (unpaired) electrons. The molecule has 0 aromatic rings. The molecule has 0 aromatic heterocycles. The SMILES string of the molecule is CC1CCC(CNC(=O)N(CC(=O)O)C(C)C)C1. The summed E-state index contributed by atoms with van der Waals surface area (Å²) in [5, 5.41) is 11.6. The molecule has 1 saturated carbocycles. The van der Waals surface area contributed by atoms with Crippen LogP contribution >= 0.6 is 0 Å². The van der Waals surface area contributed by atoms with Gasteiger partial charge in [-0.25, -0.2) is 4.79 Å². The molecular formula is C13H24N2O3. The first kappa shape index (κ1) is 14.8. The summed E-state index contributed by atoms with van der Waals surface area (Å²) in [5.74, 6) is 0.309. The molecule has 0 saturated heterocycles. The number of urea groups is 1. The molecule has 1 aliphatic carbocycles. The van der Waals surface area contributed by atoms with Crippen molar-refractivity contribution in [3.8, 4) is 0 Å². The van der Waals surface area contributed by atoms with E-state index in [1.165, 1.54) is 11.3 Å². The Balaban J connectivity index is 2.39. The highest BCUT2D eigenvalue weighted by molar-refractivity contribution is 5.80. The van der Waals surface area contributed by atoms with Crippen LogP contribution in [0.15, 0.2) is 0 Å². The Morgan fingerprint density at radius 2 is 2.06 bits per heavy atom. The van der Waals surface area contributed by atoms with Crippen molar-refractivity contribution >= 4 is 12.0 Å². The van der Waals surface area contributed by atoms with Crippen molar-refractivity contribution in [2.24, 2.45) is 11.8 Å². The Morgan fingerprint density at radius 3 is 2.50 bits per heavy atom. The minimum atomic E-state index is -0.978. The van der Waals surface area contributed by atoms with Gasteiger partial charge < -0.3 is 15.3 Å². The number of carbonyl (C=O) groups excluding carboxylic acids is 1. The number of amides is 2. The van der Waals surface area contributed by atoms with Gasteiger partial charge in [-0.15, -0.1) is 0 Å². The summed E-state index contributed by atoms with van der Waals surface area (Å²) in [7, 11) is 0. The van der Waals surface area contributed by atoms with Crippen molar-refractivity contribution in [2.75, 3.05) is 13.1 Å². The van der Waals surface area contributed by atoms with Gasteiger partial charge in [-0.05, 0) is 38.5 Å². The molecule has 0 bridgehead atoms. The average molecular weight is 256 g/mol. The van der Waals surface area contributed by atoms with Gasteiger partial charge in [0.15, 0.2) is 0 Å². The van der Waals surface area contributed by atoms with Crippen molar-refractivity contribution in [1.29, 1.82) is 0 Å². The van der Waals surface area contributed by atoms with Gasteiger partial charge in [0, 0.05) is 12.6 Å². The van der Waals surface area contributed by atoms with Crippen molar-refractivity contribution < 1.29 is 14.7 Å². The second kappa shape index (κ2) is 6.61. The lowest BCUT2D eigenvalue weighted by molar-refractivity contribution is -0.138. The topological polar surface area (TPSA) is 69.6 Å². The predicted molar refractivity (Wildman–Crippen MR) is 69.4 cm³/mol. The standard InChI is InChI=1S/C13H24N2O3/c1-9(2)15(8-12(16)17)13(18)14-7-11-5-4-10(3)6-11/h9-11H,4-8H2,1-3H3,(H,14,18)(H,16,17). The highest BCUT2D eigenvalue weighted by atomic mass is 16.4. The van der Waals surface area contributed by atoms with Crippen LogP contribution in [-0.4, -0.2) is 41.1 Å². The maximum Gasteiger partial charge on any atom is 0.323 e. The van der Waals surface area contributed by atoms with Crippen molar-refractivity contribution in [3.05, 3.63) is 0 Å². The molecule has 1 rings (SSSR count). The summed E-state index contributed by atoms with van der Waals surface area (Å²) >= 11 is 0. The summed E-state index contributed by atoms with van der Waals surface area (Å²) in [6, 6.07) is -0.379. The van der Waals surface area contributed by atoms with Gasteiger partial charge in [0.2, 0.25) is 0 Å². The predicted octanol–water partition coefficient (Wildman–Crippen LogP) is 1.93. The normalized spacial score (nSPS) is 23.1. The molecule has 2 amide bonds. The molecule has 2 N–H and O–H groups in total. The third-order valence-electron chi connectivity index (χ3n) is 3.54. The largest absolute Gasteiger partial charge is 0.480 e. The van der Waals surface area contributed by atoms with Gasteiger partial charge in [-0.1, -0.05) is 13.3 Å². The number of aliphatic carboxylic acids is 1. The summed E-state index contributed by atoms with van der Waals surface area (Å²) in [6.45, 7) is 6.28. The minimum Gasteiger partial charge on any atom is -0.480 e. The molecule has 18 heavy (non-hydrogen) atoms. The van der Waals surface area contributed by atoms with E-state index in [2.05, 4.69) is 12.2 Å². The van der Waals surface area contributed by atoms with Crippen LogP contribution in [0.2, 0.25) is 0 Å². The van der Waals surface area contributed by atoms with Gasteiger partial charge in [0.1, 0.15) is 6.54 Å². The number of carbonyl (C=O) groups is 2. The number of nitrogens with one attached hydrogen (secondary N) is 1. The zero-order valence-corrected chi connectivity index (χ0v) is 11.5. The van der Waals surface area contributed by atoms with Gasteiger partial charge in [-0.3, -0.25) is 4.79 Å². The Hall–Kier alpha value is -1.26. The maximum absolute atomic E-state index is 11.9. The molecule has 5 nitrogen and oxygen atoms in total. The summed E-state index contributed by atoms with van der Waals surface area (Å²) in [6.07, 6.45) is 3.53. The van der Waals surface area contributed by atoms with Gasteiger partial charge in [-0.2, -0.15) is 0 Å². The van der Waals surface area contributed by atoms with Crippen LogP contribution in [-0.2, 0) is 4.79 Å². The molecule has 1 fully saturated rings. The van der Waals surface area contributed by atoms with Gasteiger partial charge in [0.25, 0.3) is 0 Å². The Kier molecular flexibility index (Phi) is 5.44. The summed E-state index contributed by atoms with van der Waals surface area (Å²) in [4.78, 5) is 24.0. The van der Waals surface area contributed by atoms with Crippen molar-refractivity contribution in [2.45, 2.75) is 46.1 Å². The van der Waals surface area contributed by atoms with E-state index in [1.807, 2.05) is 13.8 Å². The zero-order chi connectivity index (χ0) is 13.7. The summed E-state index contributed by atoms with van der Waals surface area (Å²) < 4.78 is 0. The second-order valence-electron chi connectivity index (χ2n) is 5.59. The van der Waals surface area contributed by atoms with Crippen LogP contribution < -0.4 is 5.32 Å². The van der Waals surface area contributed by atoms with E-state index in [4.69, 9.17) is 5.11 Å². The number of hydrogen-bond donors (Lipinski definition) is 2. The number of hydrogen-bond acceptors (Lipinski definition) is 2. The number of rotatable bonds is 5. The van der Waals surface area contributed by atoms with E-state index >= 15 is 0 Å². The second-order valence-corrected chi connectivity index (χ2v) is 5.59. The number of carboxylic acids is 1. The lowest BCUT2D eigenvalue weighted by Crippen LogP contribution is -2.47. The fraction of sp³-hybridized carbons (Fsp3) is 0.846. The third kappa shape index (κ3) is 4.55. The van der Waals surface area contributed by atoms with Crippen LogP contribution in [0.3, 0.4) is 0 Å². The summed E-state index contributed by atoms with van der Waals surface area (Å²) in [5.41, 5.74) is 0. The number of nitrogens with zero attached hydrogens (tertiary/aromatic N) is 1.